The van der Waals surface area contributed by atoms with Crippen LogP contribution in [0.25, 0.3) is 0 Å². The Kier molecular flexibility index (Phi) is 14.8. The van der Waals surface area contributed by atoms with Crippen LogP contribution in [0.1, 0.15) is 13.8 Å². The molecular weight excluding hydrogens is 166 g/mol. The van der Waals surface area contributed by atoms with E-state index in [1.54, 1.807) is 0 Å². The number of hydrogen-bond acceptors (Lipinski definition) is 3. The Bertz CT molecular complexity index is 69.3. The molecule has 0 aromatic carbocycles. The highest BCUT2D eigenvalue weighted by atomic mass is 33.1. The maximum Gasteiger partial charge on any atom is 0.183 e. The van der Waals surface area contributed by atoms with Gasteiger partial charge in [0, 0.05) is 11.5 Å². The number of rotatable bonds is 3. The van der Waals surface area contributed by atoms with Crippen LogP contribution in [-0.2, 0) is 0 Å². The first-order chi connectivity index (χ1) is 4.65. The average Bonchev–Trinajstić information content (AvgIpc) is 1.82. The largest absolute Gasteiger partial charge is 0.370 e. The molecule has 0 unspecified atom stereocenters. The molecule has 0 fully saturated rings. The Morgan fingerprint density at radius 2 is 1.40 bits per heavy atom. The summed E-state index contributed by atoms with van der Waals surface area (Å²) in [6.45, 7) is 4.35. The van der Waals surface area contributed by atoms with Crippen LogP contribution < -0.4 is 11.5 Å². The van der Waals surface area contributed by atoms with E-state index in [4.69, 9.17) is 5.41 Å². The van der Waals surface area contributed by atoms with Crippen molar-refractivity contribution in [2.24, 2.45) is 11.5 Å². The van der Waals surface area contributed by atoms with Crippen LogP contribution in [0, 0.1) is 5.41 Å². The highest BCUT2D eigenvalue weighted by molar-refractivity contribution is 8.76. The normalized spacial score (nSPS) is 7.80. The Labute approximate surface area is 70.2 Å². The van der Waals surface area contributed by atoms with Gasteiger partial charge in [-0.1, -0.05) is 35.4 Å². The summed E-state index contributed by atoms with van der Waals surface area (Å²) in [5.41, 5.74) is 8.94. The standard InChI is InChI=1S/C4H10S2.CH5N3/c1-3-5-6-4-2;2-1(3)4/h3-4H2,1-2H3;(H5,2,3,4). The van der Waals surface area contributed by atoms with Crippen LogP contribution in [0.2, 0.25) is 0 Å². The first-order valence-electron chi connectivity index (χ1n) is 2.99. The second-order valence-electron chi connectivity index (χ2n) is 1.27. The van der Waals surface area contributed by atoms with E-state index < -0.39 is 0 Å². The summed E-state index contributed by atoms with van der Waals surface area (Å²) in [4.78, 5) is 0. The van der Waals surface area contributed by atoms with Crippen LogP contribution in [0.15, 0.2) is 0 Å². The Morgan fingerprint density at radius 3 is 1.50 bits per heavy atom. The van der Waals surface area contributed by atoms with Crippen LogP contribution in [0.5, 0.6) is 0 Å². The lowest BCUT2D eigenvalue weighted by Crippen LogP contribution is -2.20. The third-order valence-corrected chi connectivity index (χ3v) is 2.87. The fraction of sp³-hybridized carbons (Fsp3) is 0.800. The molecule has 0 heterocycles. The highest BCUT2D eigenvalue weighted by Crippen LogP contribution is 2.18. The van der Waals surface area contributed by atoms with Gasteiger partial charge in [-0.15, -0.1) is 0 Å². The van der Waals surface area contributed by atoms with E-state index in [0.717, 1.165) is 0 Å². The molecule has 0 aliphatic carbocycles. The lowest BCUT2D eigenvalue weighted by molar-refractivity contribution is 1.39. The summed E-state index contributed by atoms with van der Waals surface area (Å²) < 4.78 is 0. The van der Waals surface area contributed by atoms with Crippen LogP contribution in [-0.4, -0.2) is 17.5 Å². The average molecular weight is 181 g/mol. The molecule has 0 aromatic rings. The molecule has 0 spiro atoms. The van der Waals surface area contributed by atoms with Crippen LogP contribution in [0.3, 0.4) is 0 Å². The van der Waals surface area contributed by atoms with Crippen molar-refractivity contribution in [2.75, 3.05) is 11.5 Å². The fourth-order valence-corrected chi connectivity index (χ4v) is 1.50. The topological polar surface area (TPSA) is 75.9 Å². The smallest absolute Gasteiger partial charge is 0.183 e. The predicted octanol–water partition coefficient (Wildman–Crippen LogP) is 1.25. The molecule has 0 rings (SSSR count). The molecule has 0 saturated heterocycles. The summed E-state index contributed by atoms with van der Waals surface area (Å²) in [6, 6.07) is 0. The van der Waals surface area contributed by atoms with Gasteiger partial charge in [-0.3, -0.25) is 5.41 Å². The number of nitrogens with two attached hydrogens (primary N) is 2. The SMILES string of the molecule is CCSSCC.N=C(N)N. The Balaban J connectivity index is 0. The first-order valence-corrected chi connectivity index (χ1v) is 5.47. The van der Waals surface area contributed by atoms with Crippen LogP contribution >= 0.6 is 21.6 Å². The minimum Gasteiger partial charge on any atom is -0.370 e. The maximum atomic E-state index is 6.06. The fourth-order valence-electron chi connectivity index (χ4n) is 0.167. The monoisotopic (exact) mass is 181 g/mol. The molecule has 10 heavy (non-hydrogen) atoms. The van der Waals surface area contributed by atoms with Crippen molar-refractivity contribution in [3.8, 4) is 0 Å². The second-order valence-corrected chi connectivity index (χ2v) is 4.31. The number of guanidine groups is 1. The molecule has 62 valence electrons. The van der Waals surface area contributed by atoms with E-state index in [1.807, 2.05) is 21.6 Å². The van der Waals surface area contributed by atoms with Gasteiger partial charge in [-0.05, 0) is 0 Å². The molecule has 0 aromatic heterocycles. The van der Waals surface area contributed by atoms with Crippen molar-refractivity contribution in [3.63, 3.8) is 0 Å². The molecule has 0 bridgehead atoms. The third kappa shape index (κ3) is 43.9. The summed E-state index contributed by atoms with van der Waals surface area (Å²) in [5, 5.41) is 6.06. The maximum absolute atomic E-state index is 6.06. The second kappa shape index (κ2) is 11.7. The predicted molar refractivity (Wildman–Crippen MR) is 52.4 cm³/mol. The van der Waals surface area contributed by atoms with Crippen molar-refractivity contribution in [3.05, 3.63) is 0 Å². The number of nitrogens with one attached hydrogen (secondary N) is 1. The van der Waals surface area contributed by atoms with E-state index in [0.29, 0.717) is 0 Å². The van der Waals surface area contributed by atoms with Crippen molar-refractivity contribution in [1.82, 2.24) is 0 Å². The van der Waals surface area contributed by atoms with Gasteiger partial charge in [-0.25, -0.2) is 0 Å². The van der Waals surface area contributed by atoms with Gasteiger partial charge in [0.1, 0.15) is 0 Å². The van der Waals surface area contributed by atoms with E-state index >= 15 is 0 Å². The molecule has 5 N–H and O–H groups in total. The lowest BCUT2D eigenvalue weighted by atomic mass is 11.0. The molecule has 0 saturated carbocycles. The Hall–Kier alpha value is -0.0300. The van der Waals surface area contributed by atoms with Gasteiger partial charge < -0.3 is 11.5 Å². The minimum absolute atomic E-state index is 0.333. The molecular formula is C5H15N3S2. The zero-order valence-corrected chi connectivity index (χ0v) is 8.02. The molecule has 0 aliphatic heterocycles. The van der Waals surface area contributed by atoms with Gasteiger partial charge >= 0.3 is 0 Å². The molecule has 0 atom stereocenters. The van der Waals surface area contributed by atoms with E-state index in [1.165, 1.54) is 11.5 Å². The van der Waals surface area contributed by atoms with Gasteiger partial charge in [-0.2, -0.15) is 0 Å². The quantitative estimate of drug-likeness (QED) is 0.265. The van der Waals surface area contributed by atoms with Crippen molar-refractivity contribution in [2.45, 2.75) is 13.8 Å². The van der Waals surface area contributed by atoms with Crippen molar-refractivity contribution >= 4 is 27.5 Å². The van der Waals surface area contributed by atoms with E-state index in [2.05, 4.69) is 25.3 Å². The molecule has 3 nitrogen and oxygen atoms in total. The molecule has 0 aliphatic rings. The van der Waals surface area contributed by atoms with E-state index in [-0.39, 0.29) is 5.96 Å². The van der Waals surface area contributed by atoms with Gasteiger partial charge in [0.15, 0.2) is 5.96 Å². The zero-order chi connectivity index (χ0) is 8.41. The summed E-state index contributed by atoms with van der Waals surface area (Å²) >= 11 is 0. The molecule has 0 amide bonds. The minimum atomic E-state index is -0.333. The van der Waals surface area contributed by atoms with Crippen LogP contribution in [0.4, 0.5) is 0 Å². The zero-order valence-electron chi connectivity index (χ0n) is 6.39. The summed E-state index contributed by atoms with van der Waals surface area (Å²) in [6.07, 6.45) is 0. The van der Waals surface area contributed by atoms with Crippen molar-refractivity contribution in [1.29, 1.82) is 5.41 Å². The van der Waals surface area contributed by atoms with Crippen molar-refractivity contribution < 1.29 is 0 Å². The molecule has 0 radical (unpaired) electrons. The summed E-state index contributed by atoms with van der Waals surface area (Å²) in [5.74, 6) is 2.14. The third-order valence-electron chi connectivity index (χ3n) is 0.319. The summed E-state index contributed by atoms with van der Waals surface area (Å²) in [7, 11) is 3.85. The van der Waals surface area contributed by atoms with Gasteiger partial charge in [0.05, 0.1) is 0 Å². The van der Waals surface area contributed by atoms with Gasteiger partial charge in [0.25, 0.3) is 0 Å². The highest BCUT2D eigenvalue weighted by Gasteiger charge is 1.75. The first kappa shape index (κ1) is 12.6. The molecule has 5 heteroatoms. The Morgan fingerprint density at radius 1 is 1.20 bits per heavy atom. The number of hydrogen-bond donors (Lipinski definition) is 3. The van der Waals surface area contributed by atoms with E-state index in [9.17, 15) is 0 Å². The van der Waals surface area contributed by atoms with Gasteiger partial charge in [0.2, 0.25) is 0 Å². The lowest BCUT2D eigenvalue weighted by Gasteiger charge is -1.86.